The summed E-state index contributed by atoms with van der Waals surface area (Å²) in [6.07, 6.45) is 1.13. The molecule has 3 rings (SSSR count). The number of morpholine rings is 1. The van der Waals surface area contributed by atoms with Gasteiger partial charge in [-0.15, -0.1) is 0 Å². The maximum atomic E-state index is 13.3. The first-order chi connectivity index (χ1) is 12.5. The smallest absolute Gasteiger partial charge is 0.289 e. The van der Waals surface area contributed by atoms with Crippen LogP contribution in [0.15, 0.2) is 34.9 Å². The Morgan fingerprint density at radius 2 is 2.15 bits per heavy atom. The van der Waals surface area contributed by atoms with Gasteiger partial charge in [0.05, 0.1) is 25.0 Å². The fraction of sp³-hybridized carbons (Fsp3) is 0.368. The number of carbonyl (C=O) groups excluding carboxylic acids is 2. The van der Waals surface area contributed by atoms with Gasteiger partial charge in [0, 0.05) is 12.1 Å². The highest BCUT2D eigenvalue weighted by Gasteiger charge is 2.28. The van der Waals surface area contributed by atoms with Crippen molar-refractivity contribution in [1.82, 2.24) is 4.90 Å². The second-order valence-electron chi connectivity index (χ2n) is 6.18. The number of ether oxygens (including phenoxy) is 2. The minimum atomic E-state index is -0.498. The lowest BCUT2D eigenvalue weighted by molar-refractivity contribution is -0.0409. The van der Waals surface area contributed by atoms with Crippen LogP contribution in [0.25, 0.3) is 0 Å². The van der Waals surface area contributed by atoms with Crippen LogP contribution in [0.4, 0.5) is 4.39 Å². The molecule has 1 aliphatic rings. The summed E-state index contributed by atoms with van der Waals surface area (Å²) in [6, 6.07) is 5.55. The molecular weight excluding hydrogens is 341 g/mol. The quantitative estimate of drug-likeness (QED) is 0.766. The van der Waals surface area contributed by atoms with Gasteiger partial charge in [0.1, 0.15) is 24.3 Å². The van der Waals surface area contributed by atoms with Crippen molar-refractivity contribution in [3.8, 4) is 5.75 Å². The maximum absolute atomic E-state index is 13.3. The number of furan rings is 1. The van der Waals surface area contributed by atoms with Crippen LogP contribution >= 0.6 is 0 Å². The van der Waals surface area contributed by atoms with Crippen molar-refractivity contribution in [2.75, 3.05) is 26.3 Å². The summed E-state index contributed by atoms with van der Waals surface area (Å²) in [5, 5.41) is 0. The van der Waals surface area contributed by atoms with Gasteiger partial charge >= 0.3 is 0 Å². The van der Waals surface area contributed by atoms with Gasteiger partial charge < -0.3 is 18.8 Å². The number of carbonyl (C=O) groups is 2. The van der Waals surface area contributed by atoms with Crippen LogP contribution in [-0.4, -0.2) is 49.0 Å². The van der Waals surface area contributed by atoms with Gasteiger partial charge in [0.25, 0.3) is 5.91 Å². The van der Waals surface area contributed by atoms with Crippen LogP contribution in [0.2, 0.25) is 0 Å². The van der Waals surface area contributed by atoms with Gasteiger partial charge in [0.15, 0.2) is 11.5 Å². The van der Waals surface area contributed by atoms with E-state index in [1.807, 2.05) is 6.92 Å². The van der Waals surface area contributed by atoms with E-state index < -0.39 is 5.82 Å². The average Bonchev–Trinajstić information content (AvgIpc) is 3.06. The Labute approximate surface area is 150 Å². The predicted octanol–water partition coefficient (Wildman–Crippen LogP) is 2.85. The summed E-state index contributed by atoms with van der Waals surface area (Å²) in [7, 11) is 0. The summed E-state index contributed by atoms with van der Waals surface area (Å²) < 4.78 is 29.9. The topological polar surface area (TPSA) is 69.0 Å². The lowest BCUT2D eigenvalue weighted by Gasteiger charge is -2.32. The van der Waals surface area contributed by atoms with E-state index in [2.05, 4.69) is 0 Å². The number of ketones is 1. The van der Waals surface area contributed by atoms with E-state index in [4.69, 9.17) is 13.9 Å². The van der Waals surface area contributed by atoms with Crippen LogP contribution in [0.3, 0.4) is 0 Å². The molecule has 138 valence electrons. The molecule has 0 saturated carbocycles. The first-order valence-corrected chi connectivity index (χ1v) is 8.34. The van der Waals surface area contributed by atoms with Crippen molar-refractivity contribution < 1.29 is 27.9 Å². The lowest BCUT2D eigenvalue weighted by atomic mass is 10.1. The molecule has 2 heterocycles. The molecule has 0 spiro atoms. The van der Waals surface area contributed by atoms with Crippen molar-refractivity contribution in [3.05, 3.63) is 53.2 Å². The Kier molecular flexibility index (Phi) is 5.37. The minimum Gasteiger partial charge on any atom is -0.490 e. The molecule has 1 aromatic heterocycles. The number of hydrogen-bond acceptors (Lipinski definition) is 5. The summed E-state index contributed by atoms with van der Waals surface area (Å²) in [6.45, 7) is 4.50. The van der Waals surface area contributed by atoms with Crippen molar-refractivity contribution in [3.63, 3.8) is 0 Å². The largest absolute Gasteiger partial charge is 0.490 e. The third-order valence-electron chi connectivity index (χ3n) is 4.23. The molecule has 1 fully saturated rings. The monoisotopic (exact) mass is 361 g/mol. The normalized spacial score (nSPS) is 17.2. The molecule has 1 amide bonds. The van der Waals surface area contributed by atoms with Gasteiger partial charge in [-0.1, -0.05) is 0 Å². The van der Waals surface area contributed by atoms with Gasteiger partial charge in [-0.3, -0.25) is 9.59 Å². The number of aryl methyl sites for hydroxylation is 1. The molecule has 26 heavy (non-hydrogen) atoms. The number of hydrogen-bond donors (Lipinski definition) is 0. The fourth-order valence-electron chi connectivity index (χ4n) is 2.83. The summed E-state index contributed by atoms with van der Waals surface area (Å²) in [4.78, 5) is 25.8. The highest BCUT2D eigenvalue weighted by atomic mass is 19.1. The molecule has 2 aromatic rings. The number of benzene rings is 1. The second-order valence-corrected chi connectivity index (χ2v) is 6.18. The number of amides is 1. The molecule has 0 N–H and O–H groups in total. The molecular formula is C19H20FNO5. The molecule has 1 saturated heterocycles. The Bertz CT molecular complexity index is 816. The van der Waals surface area contributed by atoms with Gasteiger partial charge in [-0.25, -0.2) is 4.39 Å². The van der Waals surface area contributed by atoms with Crippen LogP contribution in [-0.2, 0) is 4.74 Å². The van der Waals surface area contributed by atoms with E-state index in [0.29, 0.717) is 31.2 Å². The van der Waals surface area contributed by atoms with Crippen molar-refractivity contribution in [2.45, 2.75) is 20.0 Å². The van der Waals surface area contributed by atoms with E-state index in [-0.39, 0.29) is 30.0 Å². The number of Topliss-reactive ketones (excluding diaryl/α,β-unsaturated/α-hetero) is 1. The van der Waals surface area contributed by atoms with Crippen LogP contribution in [0, 0.1) is 12.7 Å². The fourth-order valence-corrected chi connectivity index (χ4v) is 2.83. The van der Waals surface area contributed by atoms with E-state index >= 15 is 0 Å². The Balaban J connectivity index is 1.64. The van der Waals surface area contributed by atoms with Crippen molar-refractivity contribution in [2.24, 2.45) is 0 Å². The molecule has 7 heteroatoms. The second kappa shape index (κ2) is 7.70. The SMILES string of the molecule is CC(=O)c1cc(F)ccc1OCC1CN(C(=O)c2occc2C)CCO1. The Hall–Kier alpha value is -2.67. The lowest BCUT2D eigenvalue weighted by Crippen LogP contribution is -2.47. The number of nitrogens with zero attached hydrogens (tertiary/aromatic N) is 1. The molecule has 0 aliphatic carbocycles. The Morgan fingerprint density at radius 1 is 1.35 bits per heavy atom. The van der Waals surface area contributed by atoms with Gasteiger partial charge in [-0.05, 0) is 38.1 Å². The summed E-state index contributed by atoms with van der Waals surface area (Å²) >= 11 is 0. The minimum absolute atomic E-state index is 0.146. The van der Waals surface area contributed by atoms with Crippen LogP contribution in [0.1, 0.15) is 33.4 Å². The zero-order valence-corrected chi connectivity index (χ0v) is 14.7. The molecule has 1 unspecified atom stereocenters. The van der Waals surface area contributed by atoms with Crippen LogP contribution in [0.5, 0.6) is 5.75 Å². The third kappa shape index (κ3) is 3.94. The van der Waals surface area contributed by atoms with E-state index in [0.717, 1.165) is 11.6 Å². The zero-order chi connectivity index (χ0) is 18.7. The van der Waals surface area contributed by atoms with E-state index in [1.165, 1.54) is 25.3 Å². The molecule has 1 atom stereocenters. The molecule has 1 aromatic carbocycles. The third-order valence-corrected chi connectivity index (χ3v) is 4.23. The number of rotatable bonds is 5. The Morgan fingerprint density at radius 3 is 2.85 bits per heavy atom. The summed E-state index contributed by atoms with van der Waals surface area (Å²) in [5.74, 6) is -0.347. The first-order valence-electron chi connectivity index (χ1n) is 8.34. The first kappa shape index (κ1) is 18.1. The highest BCUT2D eigenvalue weighted by Crippen LogP contribution is 2.21. The van der Waals surface area contributed by atoms with E-state index in [9.17, 15) is 14.0 Å². The molecule has 0 radical (unpaired) electrons. The van der Waals surface area contributed by atoms with Gasteiger partial charge in [0.2, 0.25) is 0 Å². The van der Waals surface area contributed by atoms with Crippen molar-refractivity contribution >= 4 is 11.7 Å². The molecule has 0 bridgehead atoms. The molecule has 6 nitrogen and oxygen atoms in total. The standard InChI is InChI=1S/C19H20FNO5/c1-12-5-7-25-18(12)19(23)21-6-8-24-15(10-21)11-26-17-4-3-14(20)9-16(17)13(2)22/h3-5,7,9,15H,6,8,10-11H2,1-2H3. The van der Waals surface area contributed by atoms with Gasteiger partial charge in [-0.2, -0.15) is 0 Å². The van der Waals surface area contributed by atoms with E-state index in [1.54, 1.807) is 11.0 Å². The summed E-state index contributed by atoms with van der Waals surface area (Å²) in [5.41, 5.74) is 0.964. The van der Waals surface area contributed by atoms with Crippen molar-refractivity contribution in [1.29, 1.82) is 0 Å². The maximum Gasteiger partial charge on any atom is 0.289 e. The number of halogens is 1. The molecule has 1 aliphatic heterocycles. The van der Waals surface area contributed by atoms with Crippen LogP contribution < -0.4 is 4.74 Å². The average molecular weight is 361 g/mol. The highest BCUT2D eigenvalue weighted by molar-refractivity contribution is 5.96. The zero-order valence-electron chi connectivity index (χ0n) is 14.7. The predicted molar refractivity (Wildman–Crippen MR) is 91.0 cm³/mol.